The fraction of sp³-hybridized carbons (Fsp3) is 0.786. The molecule has 3 nitrogen and oxygen atoms in total. The molecule has 0 aromatic rings. The number of carboxylic acid groups (broad SMARTS) is 1. The molecular formula is C14H23NO2. The first-order valence-corrected chi connectivity index (χ1v) is 6.81. The van der Waals surface area contributed by atoms with Crippen molar-refractivity contribution in [2.24, 2.45) is 23.5 Å². The number of nitrogens with two attached hydrogens (primary N) is 1. The minimum absolute atomic E-state index is 0.276. The van der Waals surface area contributed by atoms with Gasteiger partial charge in [0, 0.05) is 12.5 Å². The van der Waals surface area contributed by atoms with Gasteiger partial charge in [-0.3, -0.25) is 4.79 Å². The Hall–Kier alpha value is -0.830. The van der Waals surface area contributed by atoms with Crippen LogP contribution >= 0.6 is 0 Å². The lowest BCUT2D eigenvalue weighted by Gasteiger charge is -2.27. The summed E-state index contributed by atoms with van der Waals surface area (Å²) in [5.41, 5.74) is 6.23. The smallest absolute Gasteiger partial charge is 0.303 e. The lowest BCUT2D eigenvalue weighted by molar-refractivity contribution is -0.137. The van der Waals surface area contributed by atoms with Crippen LogP contribution in [-0.2, 0) is 4.79 Å². The van der Waals surface area contributed by atoms with Crippen LogP contribution in [0.1, 0.15) is 44.9 Å². The molecule has 3 heteroatoms. The van der Waals surface area contributed by atoms with Gasteiger partial charge in [-0.05, 0) is 56.3 Å². The normalized spacial score (nSPS) is 35.8. The van der Waals surface area contributed by atoms with E-state index in [9.17, 15) is 4.79 Å². The van der Waals surface area contributed by atoms with Crippen LogP contribution in [0, 0.1) is 17.8 Å². The fourth-order valence-corrected chi connectivity index (χ4v) is 3.55. The number of aliphatic carboxylic acids is 1. The molecule has 0 aliphatic heterocycles. The number of hydrogen-bond donors (Lipinski definition) is 2. The summed E-state index contributed by atoms with van der Waals surface area (Å²) in [6.07, 6.45) is 11.4. The molecule has 0 saturated heterocycles. The van der Waals surface area contributed by atoms with Crippen LogP contribution in [0.15, 0.2) is 12.2 Å². The first-order valence-electron chi connectivity index (χ1n) is 6.81. The Morgan fingerprint density at radius 1 is 1.29 bits per heavy atom. The molecule has 2 rings (SSSR count). The third-order valence-electron chi connectivity index (χ3n) is 4.49. The summed E-state index contributed by atoms with van der Waals surface area (Å²) in [7, 11) is 0. The number of rotatable bonds is 6. The minimum atomic E-state index is -0.700. The molecule has 0 unspecified atom stereocenters. The second-order valence-electron chi connectivity index (χ2n) is 5.57. The molecule has 0 radical (unpaired) electrons. The Balaban J connectivity index is 1.65. The molecule has 2 bridgehead atoms. The van der Waals surface area contributed by atoms with Crippen molar-refractivity contribution in [3.63, 3.8) is 0 Å². The largest absolute Gasteiger partial charge is 0.481 e. The Morgan fingerprint density at radius 2 is 2.06 bits per heavy atom. The summed E-state index contributed by atoms with van der Waals surface area (Å²) in [4.78, 5) is 10.3. The maximum absolute atomic E-state index is 10.3. The highest BCUT2D eigenvalue weighted by Crippen LogP contribution is 2.48. The highest BCUT2D eigenvalue weighted by molar-refractivity contribution is 5.66. The van der Waals surface area contributed by atoms with E-state index in [2.05, 4.69) is 12.2 Å². The minimum Gasteiger partial charge on any atom is -0.481 e. The van der Waals surface area contributed by atoms with Gasteiger partial charge in [-0.2, -0.15) is 0 Å². The molecule has 2 fully saturated rings. The zero-order chi connectivity index (χ0) is 12.3. The van der Waals surface area contributed by atoms with Crippen LogP contribution in [0.25, 0.3) is 0 Å². The summed E-state index contributed by atoms with van der Waals surface area (Å²) in [6.45, 7) is 0. The molecule has 2 saturated carbocycles. The standard InChI is InChI=1S/C14H23NO2/c15-14-11-8-7-10(9-11)12(14)5-3-1-2-4-6-13(16)17/h1,3,10-12,14H,2,4-9,15H2,(H,16,17)/t10-,11+,12+,14+/m1/s1. The molecule has 0 spiro atoms. The van der Waals surface area contributed by atoms with E-state index >= 15 is 0 Å². The van der Waals surface area contributed by atoms with E-state index in [-0.39, 0.29) is 6.42 Å². The molecular weight excluding hydrogens is 214 g/mol. The first kappa shape index (κ1) is 12.6. The van der Waals surface area contributed by atoms with Crippen molar-refractivity contribution < 1.29 is 9.90 Å². The zero-order valence-electron chi connectivity index (χ0n) is 10.3. The van der Waals surface area contributed by atoms with Crippen LogP contribution in [0.4, 0.5) is 0 Å². The van der Waals surface area contributed by atoms with E-state index in [0.29, 0.717) is 12.0 Å². The average molecular weight is 237 g/mol. The molecule has 4 atom stereocenters. The molecule has 0 heterocycles. The van der Waals surface area contributed by atoms with Crippen LogP contribution in [0.3, 0.4) is 0 Å². The fourth-order valence-electron chi connectivity index (χ4n) is 3.55. The van der Waals surface area contributed by atoms with Crippen molar-refractivity contribution in [1.29, 1.82) is 0 Å². The maximum atomic E-state index is 10.3. The average Bonchev–Trinajstić information content (AvgIpc) is 2.85. The van der Waals surface area contributed by atoms with Gasteiger partial charge < -0.3 is 10.8 Å². The molecule has 0 aromatic heterocycles. The van der Waals surface area contributed by atoms with Crippen molar-refractivity contribution >= 4 is 5.97 Å². The van der Waals surface area contributed by atoms with Crippen molar-refractivity contribution in [1.82, 2.24) is 0 Å². The quantitative estimate of drug-likeness (QED) is 0.551. The Labute approximate surface area is 103 Å². The van der Waals surface area contributed by atoms with E-state index in [1.54, 1.807) is 0 Å². The van der Waals surface area contributed by atoms with Gasteiger partial charge in [-0.15, -0.1) is 0 Å². The van der Waals surface area contributed by atoms with Gasteiger partial charge in [-0.1, -0.05) is 12.2 Å². The van der Waals surface area contributed by atoms with Gasteiger partial charge in [0.2, 0.25) is 0 Å². The van der Waals surface area contributed by atoms with E-state index < -0.39 is 5.97 Å². The number of carbonyl (C=O) groups is 1. The Bertz CT molecular complexity index is 299. The summed E-state index contributed by atoms with van der Waals surface area (Å²) < 4.78 is 0. The van der Waals surface area contributed by atoms with Crippen molar-refractivity contribution in [2.75, 3.05) is 0 Å². The first-order chi connectivity index (χ1) is 8.18. The molecule has 96 valence electrons. The number of unbranched alkanes of at least 4 members (excludes halogenated alkanes) is 1. The van der Waals surface area contributed by atoms with Gasteiger partial charge in [0.15, 0.2) is 0 Å². The summed E-state index contributed by atoms with van der Waals surface area (Å²) in [5.74, 6) is 1.63. The van der Waals surface area contributed by atoms with Crippen LogP contribution in [-0.4, -0.2) is 17.1 Å². The molecule has 2 aliphatic rings. The number of hydrogen-bond acceptors (Lipinski definition) is 2. The van der Waals surface area contributed by atoms with Gasteiger partial charge in [-0.25, -0.2) is 0 Å². The summed E-state index contributed by atoms with van der Waals surface area (Å²) in [6, 6.07) is 0.414. The predicted molar refractivity (Wildman–Crippen MR) is 67.5 cm³/mol. The SMILES string of the molecule is N[C@H]1[C@H]2CC[C@H](C2)[C@@H]1CC=CCCCC(=O)O. The number of allylic oxidation sites excluding steroid dienone is 2. The number of fused-ring (bicyclic) bond motifs is 2. The Morgan fingerprint density at radius 3 is 2.71 bits per heavy atom. The third kappa shape index (κ3) is 3.09. The second-order valence-corrected chi connectivity index (χ2v) is 5.57. The summed E-state index contributed by atoms with van der Waals surface area (Å²) >= 11 is 0. The van der Waals surface area contributed by atoms with Gasteiger partial charge in [0.05, 0.1) is 0 Å². The molecule has 0 aromatic carbocycles. The van der Waals surface area contributed by atoms with Crippen LogP contribution in [0.2, 0.25) is 0 Å². The second kappa shape index (κ2) is 5.67. The van der Waals surface area contributed by atoms with Gasteiger partial charge in [0.1, 0.15) is 0 Å². The van der Waals surface area contributed by atoms with Crippen molar-refractivity contribution in [3.8, 4) is 0 Å². The van der Waals surface area contributed by atoms with Gasteiger partial charge >= 0.3 is 5.97 Å². The molecule has 3 N–H and O–H groups in total. The lowest BCUT2D eigenvalue weighted by Crippen LogP contribution is -2.35. The predicted octanol–water partition coefficient (Wildman–Crippen LogP) is 2.56. The highest BCUT2D eigenvalue weighted by atomic mass is 16.4. The van der Waals surface area contributed by atoms with Gasteiger partial charge in [0.25, 0.3) is 0 Å². The topological polar surface area (TPSA) is 63.3 Å². The third-order valence-corrected chi connectivity index (χ3v) is 4.49. The van der Waals surface area contributed by atoms with E-state index in [1.165, 1.54) is 19.3 Å². The van der Waals surface area contributed by atoms with E-state index in [4.69, 9.17) is 10.8 Å². The molecule has 0 amide bonds. The van der Waals surface area contributed by atoms with E-state index in [0.717, 1.165) is 31.1 Å². The monoisotopic (exact) mass is 237 g/mol. The van der Waals surface area contributed by atoms with Crippen LogP contribution < -0.4 is 5.73 Å². The van der Waals surface area contributed by atoms with Crippen molar-refractivity contribution in [3.05, 3.63) is 12.2 Å². The Kier molecular flexibility index (Phi) is 4.21. The number of carboxylic acids is 1. The zero-order valence-corrected chi connectivity index (χ0v) is 10.3. The molecule has 2 aliphatic carbocycles. The van der Waals surface area contributed by atoms with E-state index in [1.807, 2.05) is 0 Å². The summed E-state index contributed by atoms with van der Waals surface area (Å²) in [5, 5.41) is 8.51. The molecule has 17 heavy (non-hydrogen) atoms. The lowest BCUT2D eigenvalue weighted by atomic mass is 9.83. The van der Waals surface area contributed by atoms with Crippen molar-refractivity contribution in [2.45, 2.75) is 51.0 Å². The van der Waals surface area contributed by atoms with Crippen LogP contribution in [0.5, 0.6) is 0 Å². The highest BCUT2D eigenvalue weighted by Gasteiger charge is 2.44. The maximum Gasteiger partial charge on any atom is 0.303 e.